The summed E-state index contributed by atoms with van der Waals surface area (Å²) in [6.45, 7) is 11.1. The van der Waals surface area contributed by atoms with Gasteiger partial charge in [-0.1, -0.05) is 69.7 Å². The second kappa shape index (κ2) is 22.4. The highest BCUT2D eigenvalue weighted by Crippen LogP contribution is 2.40. The van der Waals surface area contributed by atoms with E-state index >= 15 is 0 Å². The highest BCUT2D eigenvalue weighted by Gasteiger charge is 2.51. The molecule has 13 nitrogen and oxygen atoms in total. The molecule has 2 saturated heterocycles. The fraction of sp³-hybridized carbons (Fsp3) is 0.382. The number of aromatic nitrogens is 2. The van der Waals surface area contributed by atoms with Gasteiger partial charge in [-0.05, 0) is 123 Å². The number of aryl methyl sites for hydroxylation is 2. The van der Waals surface area contributed by atoms with Gasteiger partial charge in [0, 0.05) is 54.6 Å². The SMILES string of the molecule is Cc1ncsc1-c1ccc(CNC(=O)C2CC(O)CN2C(=O)C(NC(=O)CCCCCCc2ccc(C#Cc3ccc(N4C(=S)N(c5ccc(C#N)c(C(F)(F)F)c5)C(=O)C4(C)C)cc3)cn2)C(C)(C)C)cc1. The lowest BCUT2D eigenvalue weighted by atomic mass is 9.85. The van der Waals surface area contributed by atoms with Crippen molar-refractivity contribution < 1.29 is 37.5 Å². The minimum atomic E-state index is -4.80. The van der Waals surface area contributed by atoms with Gasteiger partial charge < -0.3 is 25.5 Å². The molecule has 0 saturated carbocycles. The highest BCUT2D eigenvalue weighted by molar-refractivity contribution is 7.81. The zero-order valence-electron chi connectivity index (χ0n) is 41.5. The Morgan fingerprint density at radius 2 is 1.60 bits per heavy atom. The van der Waals surface area contributed by atoms with Gasteiger partial charge in [0.25, 0.3) is 5.91 Å². The molecule has 2 aliphatic rings. The molecule has 2 fully saturated rings. The third-order valence-corrected chi connectivity index (χ3v) is 14.3. The first-order valence-electron chi connectivity index (χ1n) is 24.0. The van der Waals surface area contributed by atoms with E-state index in [0.717, 1.165) is 70.1 Å². The van der Waals surface area contributed by atoms with E-state index in [0.29, 0.717) is 23.2 Å². The number of carbonyl (C=O) groups is 4. The highest BCUT2D eigenvalue weighted by atomic mass is 32.1. The summed E-state index contributed by atoms with van der Waals surface area (Å²) in [5.74, 6) is 4.69. The molecule has 0 spiro atoms. The lowest BCUT2D eigenvalue weighted by Gasteiger charge is -2.35. The maximum Gasteiger partial charge on any atom is 0.417 e. The molecule has 2 aliphatic heterocycles. The van der Waals surface area contributed by atoms with Crippen molar-refractivity contribution >= 4 is 63.7 Å². The van der Waals surface area contributed by atoms with Gasteiger partial charge in [0.15, 0.2) is 5.11 Å². The molecular weight excluding hydrogens is 974 g/mol. The lowest BCUT2D eigenvalue weighted by Crippen LogP contribution is -2.57. The van der Waals surface area contributed by atoms with Gasteiger partial charge in [-0.3, -0.25) is 29.1 Å². The van der Waals surface area contributed by atoms with Crippen molar-refractivity contribution in [2.24, 2.45) is 5.41 Å². The number of benzene rings is 3. The topological polar surface area (TPSA) is 172 Å². The van der Waals surface area contributed by atoms with E-state index in [4.69, 9.17) is 12.2 Å². The Kier molecular flexibility index (Phi) is 16.5. The van der Waals surface area contributed by atoms with Gasteiger partial charge in [0.2, 0.25) is 17.7 Å². The van der Waals surface area contributed by atoms with E-state index in [1.165, 1.54) is 11.0 Å². The smallest absolute Gasteiger partial charge is 0.391 e. The molecule has 3 aromatic carbocycles. The molecule has 0 aliphatic carbocycles. The van der Waals surface area contributed by atoms with Crippen LogP contribution in [-0.4, -0.2) is 79.0 Å². The number of nitrogens with zero attached hydrogens (tertiary/aromatic N) is 6. The number of unbranched alkanes of at least 4 members (excludes halogenated alkanes) is 3. The predicted molar refractivity (Wildman–Crippen MR) is 278 cm³/mol. The van der Waals surface area contributed by atoms with Gasteiger partial charge >= 0.3 is 6.18 Å². The third-order valence-electron chi connectivity index (χ3n) is 13.0. The summed E-state index contributed by atoms with van der Waals surface area (Å²) in [5.41, 5.74) is 3.84. The number of nitrogens with one attached hydrogen (secondary N) is 2. The molecule has 3 atom stereocenters. The molecule has 73 heavy (non-hydrogen) atoms. The van der Waals surface area contributed by atoms with Gasteiger partial charge in [0.1, 0.15) is 17.6 Å². The van der Waals surface area contributed by atoms with Crippen LogP contribution in [0, 0.1) is 35.5 Å². The van der Waals surface area contributed by atoms with Gasteiger partial charge in [0.05, 0.1) is 45.1 Å². The molecule has 5 aromatic rings. The number of aliphatic hydroxyl groups excluding tert-OH is 1. The normalized spacial score (nSPS) is 17.0. The van der Waals surface area contributed by atoms with E-state index in [1.54, 1.807) is 66.6 Å². The first-order chi connectivity index (χ1) is 34.6. The number of anilines is 2. The number of β-amino-alcohol motifs (C(OH)–C–C–N with tert-alkyl or cyclic N) is 1. The number of likely N-dealkylation sites (tertiary alicyclic amines) is 1. The molecule has 0 bridgehead atoms. The van der Waals surface area contributed by atoms with Crippen molar-refractivity contribution in [1.29, 1.82) is 5.26 Å². The Morgan fingerprint density at radius 1 is 0.932 bits per heavy atom. The number of rotatable bonds is 15. The molecular formula is C55H57F3N8O5S2. The molecule has 380 valence electrons. The van der Waals surface area contributed by atoms with E-state index < -0.39 is 58.3 Å². The molecule has 4 amide bonds. The Hall–Kier alpha value is -6.99. The number of amides is 4. The second-order valence-electron chi connectivity index (χ2n) is 19.9. The number of hydrogen-bond donors (Lipinski definition) is 3. The fourth-order valence-electron chi connectivity index (χ4n) is 8.90. The average molecular weight is 1030 g/mol. The van der Waals surface area contributed by atoms with E-state index in [9.17, 15) is 42.7 Å². The number of pyridine rings is 1. The third kappa shape index (κ3) is 12.6. The molecule has 7 rings (SSSR count). The first-order valence-corrected chi connectivity index (χ1v) is 25.3. The monoisotopic (exact) mass is 1030 g/mol. The van der Waals surface area contributed by atoms with Crippen LogP contribution in [0.4, 0.5) is 24.5 Å². The number of carbonyl (C=O) groups excluding carboxylic acids is 4. The minimum Gasteiger partial charge on any atom is -0.391 e. The molecule has 3 unspecified atom stereocenters. The summed E-state index contributed by atoms with van der Waals surface area (Å²) < 4.78 is 41.3. The molecule has 4 heterocycles. The van der Waals surface area contributed by atoms with Crippen LogP contribution < -0.4 is 20.4 Å². The van der Waals surface area contributed by atoms with E-state index in [-0.39, 0.29) is 48.5 Å². The number of nitriles is 1. The summed E-state index contributed by atoms with van der Waals surface area (Å²) >= 11 is 7.22. The number of alkyl halides is 3. The number of aliphatic hydroxyl groups is 1. The number of halogens is 3. The summed E-state index contributed by atoms with van der Waals surface area (Å²) in [5, 5.41) is 25.7. The van der Waals surface area contributed by atoms with Crippen molar-refractivity contribution in [1.82, 2.24) is 25.5 Å². The molecule has 2 aromatic heterocycles. The maximum absolute atomic E-state index is 14.0. The van der Waals surface area contributed by atoms with Crippen LogP contribution in [0.3, 0.4) is 0 Å². The van der Waals surface area contributed by atoms with Crippen molar-refractivity contribution in [2.45, 2.75) is 123 Å². The maximum atomic E-state index is 14.0. The molecule has 3 N–H and O–H groups in total. The summed E-state index contributed by atoms with van der Waals surface area (Å²) in [4.78, 5) is 68.4. The minimum absolute atomic E-state index is 0.00161. The lowest BCUT2D eigenvalue weighted by molar-refractivity contribution is -0.144. The Bertz CT molecular complexity index is 2970. The van der Waals surface area contributed by atoms with Crippen molar-refractivity contribution in [2.75, 3.05) is 16.3 Å². The number of thiocarbonyl (C=S) groups is 1. The van der Waals surface area contributed by atoms with Crippen LogP contribution in [0.1, 0.15) is 112 Å². The predicted octanol–water partition coefficient (Wildman–Crippen LogP) is 9.02. The van der Waals surface area contributed by atoms with Crippen LogP contribution in [0.2, 0.25) is 0 Å². The Morgan fingerprint density at radius 3 is 2.23 bits per heavy atom. The van der Waals surface area contributed by atoms with E-state index in [2.05, 4.69) is 32.4 Å². The summed E-state index contributed by atoms with van der Waals surface area (Å²) in [7, 11) is 0. The molecule has 18 heteroatoms. The quantitative estimate of drug-likeness (QED) is 0.0522. The second-order valence-corrected chi connectivity index (χ2v) is 21.1. The summed E-state index contributed by atoms with van der Waals surface area (Å²) in [6.07, 6.45) is 0.264. The Balaban J connectivity index is 0.846. The largest absolute Gasteiger partial charge is 0.417 e. The fourth-order valence-corrected chi connectivity index (χ4v) is 10.2. The zero-order chi connectivity index (χ0) is 52.8. The van der Waals surface area contributed by atoms with Crippen molar-refractivity contribution in [3.05, 3.63) is 130 Å². The Labute approximate surface area is 432 Å². The van der Waals surface area contributed by atoms with Crippen molar-refractivity contribution in [3.63, 3.8) is 0 Å². The van der Waals surface area contributed by atoms with Crippen molar-refractivity contribution in [3.8, 4) is 28.4 Å². The standard InChI is InChI=1S/C55H57F3N8O5S2/c1-34-47(73-33-62-34)38-20-15-37(16-21-38)31-61-49(69)45-28-43(67)32-64(45)50(70)48(53(2,3)4)63-46(68)12-10-8-7-9-11-40-23-17-36(30-60-40)14-13-35-18-24-41(25-19-35)66-52(72)65(51(71)54(66,5)6)42-26-22-39(29-59)44(27-42)55(56,57)58/h15-27,30,33,43,45,48,67H,7-12,28,31-32H2,1-6H3,(H,61,69)(H,63,68). The summed E-state index contributed by atoms with van der Waals surface area (Å²) in [6, 6.07) is 21.5. The number of hydrogen-bond acceptors (Lipinski definition) is 10. The van der Waals surface area contributed by atoms with Gasteiger partial charge in [-0.25, -0.2) is 4.98 Å². The van der Waals surface area contributed by atoms with Crippen LogP contribution in [0.25, 0.3) is 10.4 Å². The van der Waals surface area contributed by atoms with E-state index in [1.807, 2.05) is 69.6 Å². The van der Waals surface area contributed by atoms with Crippen LogP contribution in [-0.2, 0) is 38.3 Å². The van der Waals surface area contributed by atoms with Crippen LogP contribution >= 0.6 is 23.6 Å². The number of thiazole rings is 1. The zero-order valence-corrected chi connectivity index (χ0v) is 43.1. The first kappa shape index (κ1) is 53.8. The van der Waals surface area contributed by atoms with Gasteiger partial charge in [-0.2, -0.15) is 18.4 Å². The molecule has 0 radical (unpaired) electrons. The average Bonchev–Trinajstić information content (AvgIpc) is 4.02. The van der Waals surface area contributed by atoms with Crippen LogP contribution in [0.15, 0.2) is 90.6 Å². The van der Waals surface area contributed by atoms with Gasteiger partial charge in [-0.15, -0.1) is 11.3 Å². The van der Waals surface area contributed by atoms with Crippen LogP contribution in [0.5, 0.6) is 0 Å².